The molecule has 4 rings (SSSR count). The Morgan fingerprint density at radius 1 is 1.09 bits per heavy atom. The van der Waals surface area contributed by atoms with Crippen molar-refractivity contribution in [3.05, 3.63) is 54.1 Å². The van der Waals surface area contributed by atoms with Crippen molar-refractivity contribution in [2.45, 2.75) is 31.6 Å². The molecule has 0 spiro atoms. The van der Waals surface area contributed by atoms with Gasteiger partial charge >= 0.3 is 12.1 Å². The average Bonchev–Trinajstić information content (AvgIpc) is 3.07. The minimum absolute atomic E-state index is 0.0434. The number of carboxylic acid groups (broad SMARTS) is 1. The third kappa shape index (κ3) is 4.74. The van der Waals surface area contributed by atoms with E-state index in [0.717, 1.165) is 0 Å². The molecule has 170 valence electrons. The van der Waals surface area contributed by atoms with Crippen molar-refractivity contribution in [3.63, 3.8) is 0 Å². The highest BCUT2D eigenvalue weighted by Gasteiger charge is 2.31. The molecule has 1 fully saturated rings. The first kappa shape index (κ1) is 22.2. The molecule has 0 saturated carbocycles. The third-order valence-electron chi connectivity index (χ3n) is 5.63. The molecule has 1 saturated heterocycles. The van der Waals surface area contributed by atoms with E-state index in [1.807, 2.05) is 0 Å². The van der Waals surface area contributed by atoms with Gasteiger partial charge in [0.05, 0.1) is 22.6 Å². The SMILES string of the molecule is O=C(O)c1ccc(-c2cc3c(NC4CCS(=O)(=O)CC4)cccc3n2CC(F)(F)F)cc1. The monoisotopic (exact) mass is 466 g/mol. The number of nitrogens with one attached hydrogen (secondary N) is 1. The van der Waals surface area contributed by atoms with Gasteiger partial charge < -0.3 is 15.0 Å². The molecule has 6 nitrogen and oxygen atoms in total. The maximum Gasteiger partial charge on any atom is 0.406 e. The molecular formula is C22H21F3N2O4S. The number of fused-ring (bicyclic) bond motifs is 1. The smallest absolute Gasteiger partial charge is 0.406 e. The maximum absolute atomic E-state index is 13.4. The number of aromatic nitrogens is 1. The number of nitrogens with zero attached hydrogens (tertiary/aromatic N) is 1. The lowest BCUT2D eigenvalue weighted by atomic mass is 10.1. The summed E-state index contributed by atoms with van der Waals surface area (Å²) < 4.78 is 64.7. The topological polar surface area (TPSA) is 88.4 Å². The number of carboxylic acids is 1. The Kier molecular flexibility index (Phi) is 5.66. The van der Waals surface area contributed by atoms with Gasteiger partial charge in [-0.1, -0.05) is 18.2 Å². The number of hydrogen-bond donors (Lipinski definition) is 2. The van der Waals surface area contributed by atoms with Crippen molar-refractivity contribution in [3.8, 4) is 11.3 Å². The van der Waals surface area contributed by atoms with Crippen molar-refractivity contribution in [1.29, 1.82) is 0 Å². The summed E-state index contributed by atoms with van der Waals surface area (Å²) in [5, 5.41) is 13.0. The first-order valence-corrected chi connectivity index (χ1v) is 11.8. The van der Waals surface area contributed by atoms with Crippen LogP contribution in [0.5, 0.6) is 0 Å². The van der Waals surface area contributed by atoms with Crippen LogP contribution in [0.1, 0.15) is 23.2 Å². The number of halogens is 3. The van der Waals surface area contributed by atoms with E-state index >= 15 is 0 Å². The summed E-state index contributed by atoms with van der Waals surface area (Å²) in [6, 6.07) is 12.3. The molecule has 1 aromatic heterocycles. The van der Waals surface area contributed by atoms with E-state index in [0.29, 0.717) is 40.7 Å². The van der Waals surface area contributed by atoms with Crippen LogP contribution in [-0.4, -0.2) is 47.8 Å². The van der Waals surface area contributed by atoms with Crippen LogP contribution in [0, 0.1) is 0 Å². The summed E-state index contributed by atoms with van der Waals surface area (Å²) in [5.74, 6) is -0.957. The lowest BCUT2D eigenvalue weighted by molar-refractivity contribution is -0.139. The Bertz CT molecular complexity index is 1250. The molecule has 2 aromatic carbocycles. The minimum Gasteiger partial charge on any atom is -0.478 e. The molecule has 0 radical (unpaired) electrons. The largest absolute Gasteiger partial charge is 0.478 e. The van der Waals surface area contributed by atoms with Crippen LogP contribution in [0.4, 0.5) is 18.9 Å². The standard InChI is InChI=1S/C22H21F3N2O4S/c23-22(24,25)13-27-19-3-1-2-18(26-16-8-10-32(30,31)11-9-16)17(19)12-20(27)14-4-6-15(7-5-14)21(28)29/h1-7,12,16,26H,8-11,13H2,(H,28,29). The van der Waals surface area contributed by atoms with Crippen LogP contribution >= 0.6 is 0 Å². The highest BCUT2D eigenvalue weighted by Crippen LogP contribution is 2.35. The number of sulfone groups is 1. The average molecular weight is 466 g/mol. The van der Waals surface area contributed by atoms with Crippen LogP contribution in [0.2, 0.25) is 0 Å². The summed E-state index contributed by atoms with van der Waals surface area (Å²) in [7, 11) is -3.03. The third-order valence-corrected chi connectivity index (χ3v) is 7.34. The van der Waals surface area contributed by atoms with Crippen molar-refractivity contribution < 1.29 is 31.5 Å². The van der Waals surface area contributed by atoms with Gasteiger partial charge in [0, 0.05) is 22.8 Å². The highest BCUT2D eigenvalue weighted by molar-refractivity contribution is 7.91. The number of carbonyl (C=O) groups is 1. The zero-order chi connectivity index (χ0) is 23.1. The first-order valence-electron chi connectivity index (χ1n) is 10.0. The summed E-state index contributed by atoms with van der Waals surface area (Å²) in [6.45, 7) is -1.20. The quantitative estimate of drug-likeness (QED) is 0.576. The Balaban J connectivity index is 1.76. The predicted octanol–water partition coefficient (Wildman–Crippen LogP) is 4.56. The molecule has 32 heavy (non-hydrogen) atoms. The number of hydrogen-bond acceptors (Lipinski definition) is 4. The lowest BCUT2D eigenvalue weighted by Crippen LogP contribution is -2.32. The molecule has 0 bridgehead atoms. The molecule has 10 heteroatoms. The number of alkyl halides is 3. The molecule has 0 aliphatic carbocycles. The Hall–Kier alpha value is -3.01. The second-order valence-corrected chi connectivity index (χ2v) is 10.2. The summed E-state index contributed by atoms with van der Waals surface area (Å²) in [4.78, 5) is 11.1. The molecule has 1 aliphatic rings. The van der Waals surface area contributed by atoms with E-state index in [1.165, 1.54) is 28.8 Å². The fourth-order valence-electron chi connectivity index (χ4n) is 4.04. The van der Waals surface area contributed by atoms with Crippen molar-refractivity contribution in [2.75, 3.05) is 16.8 Å². The predicted molar refractivity (Wildman–Crippen MR) is 116 cm³/mol. The molecule has 0 amide bonds. The summed E-state index contributed by atoms with van der Waals surface area (Å²) in [6.07, 6.45) is -3.58. The van der Waals surface area contributed by atoms with Crippen LogP contribution in [0.15, 0.2) is 48.5 Å². The van der Waals surface area contributed by atoms with Crippen LogP contribution in [0.3, 0.4) is 0 Å². The van der Waals surface area contributed by atoms with E-state index < -0.39 is 28.5 Å². The second-order valence-electron chi connectivity index (χ2n) is 7.92. The van der Waals surface area contributed by atoms with Gasteiger partial charge in [-0.05, 0) is 48.7 Å². The molecule has 3 aromatic rings. The van der Waals surface area contributed by atoms with Gasteiger partial charge in [-0.3, -0.25) is 0 Å². The van der Waals surface area contributed by atoms with Gasteiger partial charge in [-0.15, -0.1) is 0 Å². The highest BCUT2D eigenvalue weighted by atomic mass is 32.2. The molecule has 1 aliphatic heterocycles. The molecule has 0 atom stereocenters. The van der Waals surface area contributed by atoms with Crippen LogP contribution < -0.4 is 5.32 Å². The fourth-order valence-corrected chi connectivity index (χ4v) is 5.53. The Morgan fingerprint density at radius 3 is 2.34 bits per heavy atom. The van der Waals surface area contributed by atoms with Crippen molar-refractivity contribution in [2.24, 2.45) is 0 Å². The number of benzene rings is 2. The van der Waals surface area contributed by atoms with Gasteiger partial charge in [-0.25, -0.2) is 13.2 Å². The van der Waals surface area contributed by atoms with E-state index in [-0.39, 0.29) is 23.1 Å². The fraction of sp³-hybridized carbons (Fsp3) is 0.318. The molecule has 0 unspecified atom stereocenters. The van der Waals surface area contributed by atoms with E-state index in [1.54, 1.807) is 24.3 Å². The van der Waals surface area contributed by atoms with Crippen LogP contribution in [0.25, 0.3) is 22.2 Å². The summed E-state index contributed by atoms with van der Waals surface area (Å²) in [5.41, 5.74) is 1.84. The molecule has 2 N–H and O–H groups in total. The number of aromatic carboxylic acids is 1. The number of rotatable bonds is 5. The Labute approximate surface area is 182 Å². The number of anilines is 1. The van der Waals surface area contributed by atoms with E-state index in [2.05, 4.69) is 5.32 Å². The van der Waals surface area contributed by atoms with Crippen molar-refractivity contribution >= 4 is 32.4 Å². The molecular weight excluding hydrogens is 445 g/mol. The zero-order valence-corrected chi connectivity index (χ0v) is 17.7. The molecule has 2 heterocycles. The van der Waals surface area contributed by atoms with E-state index in [4.69, 9.17) is 5.11 Å². The van der Waals surface area contributed by atoms with Gasteiger partial charge in [-0.2, -0.15) is 13.2 Å². The van der Waals surface area contributed by atoms with Crippen molar-refractivity contribution in [1.82, 2.24) is 4.57 Å². The minimum atomic E-state index is -4.46. The first-order chi connectivity index (χ1) is 15.0. The van der Waals surface area contributed by atoms with Gasteiger partial charge in [0.1, 0.15) is 16.4 Å². The second kappa shape index (κ2) is 8.16. The van der Waals surface area contributed by atoms with Crippen LogP contribution in [-0.2, 0) is 16.4 Å². The maximum atomic E-state index is 13.4. The lowest BCUT2D eigenvalue weighted by Gasteiger charge is -2.24. The van der Waals surface area contributed by atoms with Gasteiger partial charge in [0.2, 0.25) is 0 Å². The zero-order valence-electron chi connectivity index (χ0n) is 16.9. The Morgan fingerprint density at radius 2 is 1.75 bits per heavy atom. The summed E-state index contributed by atoms with van der Waals surface area (Å²) >= 11 is 0. The van der Waals surface area contributed by atoms with Gasteiger partial charge in [0.25, 0.3) is 0 Å². The van der Waals surface area contributed by atoms with E-state index in [9.17, 15) is 26.4 Å². The normalized spacial score (nSPS) is 16.8. The van der Waals surface area contributed by atoms with Gasteiger partial charge in [0.15, 0.2) is 0 Å².